The minimum atomic E-state index is -0.233. The van der Waals surface area contributed by atoms with Crippen LogP contribution in [0.5, 0.6) is 0 Å². The molecule has 126 valence electrons. The molecule has 1 fully saturated rings. The van der Waals surface area contributed by atoms with Crippen molar-refractivity contribution in [3.63, 3.8) is 0 Å². The molecule has 4 rings (SSSR count). The minimum Gasteiger partial charge on any atom is -0.366 e. The molecule has 6 heteroatoms. The first kappa shape index (κ1) is 15.3. The van der Waals surface area contributed by atoms with E-state index in [-0.39, 0.29) is 12.0 Å². The molecule has 2 heterocycles. The molecule has 0 unspecified atom stereocenters. The Bertz CT molecular complexity index is 742. The van der Waals surface area contributed by atoms with Crippen LogP contribution >= 0.6 is 0 Å². The summed E-state index contributed by atoms with van der Waals surface area (Å²) >= 11 is 0. The van der Waals surface area contributed by atoms with Gasteiger partial charge in [-0.1, -0.05) is 24.3 Å². The summed E-state index contributed by atoms with van der Waals surface area (Å²) in [5.41, 5.74) is 2.74. The van der Waals surface area contributed by atoms with Crippen LogP contribution in [0.25, 0.3) is 0 Å². The fourth-order valence-electron chi connectivity index (χ4n) is 3.73. The van der Waals surface area contributed by atoms with Crippen molar-refractivity contribution in [2.24, 2.45) is 0 Å². The van der Waals surface area contributed by atoms with Gasteiger partial charge in [-0.25, -0.2) is 4.98 Å². The Kier molecular flexibility index (Phi) is 4.06. The predicted octanol–water partition coefficient (Wildman–Crippen LogP) is 2.13. The fourth-order valence-corrected chi connectivity index (χ4v) is 3.73. The number of ether oxygens (including phenoxy) is 1. The summed E-state index contributed by atoms with van der Waals surface area (Å²) in [6.45, 7) is 3.57. The van der Waals surface area contributed by atoms with Crippen LogP contribution in [-0.4, -0.2) is 45.7 Å². The average Bonchev–Trinajstić information content (AvgIpc) is 3.22. The van der Waals surface area contributed by atoms with Gasteiger partial charge in [0, 0.05) is 13.0 Å². The number of amides is 1. The molecule has 2 aromatic rings. The van der Waals surface area contributed by atoms with Gasteiger partial charge in [-0.3, -0.25) is 9.89 Å². The lowest BCUT2D eigenvalue weighted by Crippen LogP contribution is -2.42. The standard InChI is InChI=1S/C18H22N4O2/c1-12-19-18(21-20-12)16-11-22(8-9-24-16)17(23)10-14-7-6-13-4-2-3-5-15(13)14/h2-5,14,16H,6-11H2,1H3,(H,19,20,21)/t14-,16+/m0/s1. The molecule has 1 aliphatic heterocycles. The van der Waals surface area contributed by atoms with E-state index < -0.39 is 0 Å². The van der Waals surface area contributed by atoms with E-state index in [1.165, 1.54) is 11.1 Å². The Hall–Kier alpha value is -2.21. The number of benzene rings is 1. The third kappa shape index (κ3) is 2.94. The van der Waals surface area contributed by atoms with E-state index in [0.717, 1.165) is 18.7 Å². The van der Waals surface area contributed by atoms with Gasteiger partial charge in [-0.15, -0.1) is 0 Å². The zero-order chi connectivity index (χ0) is 16.5. The number of nitrogens with one attached hydrogen (secondary N) is 1. The molecule has 0 bridgehead atoms. The normalized spacial score (nSPS) is 23.3. The molecule has 0 spiro atoms. The number of hydrogen-bond acceptors (Lipinski definition) is 4. The quantitative estimate of drug-likeness (QED) is 0.938. The Labute approximate surface area is 141 Å². The molecule has 24 heavy (non-hydrogen) atoms. The van der Waals surface area contributed by atoms with Gasteiger partial charge in [0.1, 0.15) is 11.9 Å². The second-order valence-corrected chi connectivity index (χ2v) is 6.62. The highest BCUT2D eigenvalue weighted by Crippen LogP contribution is 2.35. The fraction of sp³-hybridized carbons (Fsp3) is 0.500. The zero-order valence-corrected chi connectivity index (χ0v) is 13.9. The Morgan fingerprint density at radius 1 is 1.42 bits per heavy atom. The number of nitrogens with zero attached hydrogens (tertiary/aromatic N) is 3. The van der Waals surface area contributed by atoms with E-state index in [1.807, 2.05) is 11.8 Å². The number of carbonyl (C=O) groups is 1. The summed E-state index contributed by atoms with van der Waals surface area (Å²) in [5.74, 6) is 1.95. The molecule has 1 N–H and O–H groups in total. The monoisotopic (exact) mass is 326 g/mol. The molecule has 0 saturated carbocycles. The first-order valence-corrected chi connectivity index (χ1v) is 8.57. The summed E-state index contributed by atoms with van der Waals surface area (Å²) in [5, 5.41) is 7.00. The van der Waals surface area contributed by atoms with Gasteiger partial charge in [0.05, 0.1) is 13.2 Å². The number of aromatic amines is 1. The summed E-state index contributed by atoms with van der Waals surface area (Å²) in [6.07, 6.45) is 2.50. The van der Waals surface area contributed by atoms with E-state index in [2.05, 4.69) is 39.4 Å². The Balaban J connectivity index is 1.41. The molecule has 6 nitrogen and oxygen atoms in total. The molecule has 2 aliphatic rings. The molecular weight excluding hydrogens is 304 g/mol. The van der Waals surface area contributed by atoms with Crippen molar-refractivity contribution in [1.29, 1.82) is 0 Å². The second-order valence-electron chi connectivity index (χ2n) is 6.62. The number of morpholine rings is 1. The lowest BCUT2D eigenvalue weighted by Gasteiger charge is -2.32. The van der Waals surface area contributed by atoms with Crippen LogP contribution in [0.15, 0.2) is 24.3 Å². The van der Waals surface area contributed by atoms with Gasteiger partial charge >= 0.3 is 0 Å². The number of hydrogen-bond donors (Lipinski definition) is 1. The maximum absolute atomic E-state index is 12.8. The van der Waals surface area contributed by atoms with E-state index >= 15 is 0 Å². The van der Waals surface area contributed by atoms with Crippen molar-refractivity contribution in [2.75, 3.05) is 19.7 Å². The molecule has 1 amide bonds. The third-order valence-corrected chi connectivity index (χ3v) is 5.00. The number of carbonyl (C=O) groups excluding carboxylic acids is 1. The summed E-state index contributed by atoms with van der Waals surface area (Å²) in [6, 6.07) is 8.49. The van der Waals surface area contributed by atoms with Gasteiger partial charge in [-0.05, 0) is 36.8 Å². The topological polar surface area (TPSA) is 71.1 Å². The smallest absolute Gasteiger partial charge is 0.223 e. The summed E-state index contributed by atoms with van der Waals surface area (Å²) in [4.78, 5) is 19.0. The van der Waals surface area contributed by atoms with Crippen molar-refractivity contribution < 1.29 is 9.53 Å². The second kappa shape index (κ2) is 6.36. The van der Waals surface area contributed by atoms with Crippen LogP contribution in [0.1, 0.15) is 47.6 Å². The molecule has 1 aliphatic carbocycles. The first-order chi connectivity index (χ1) is 11.7. The minimum absolute atomic E-state index is 0.206. The molecule has 1 saturated heterocycles. The van der Waals surface area contributed by atoms with Gasteiger partial charge < -0.3 is 9.64 Å². The van der Waals surface area contributed by atoms with E-state index in [1.54, 1.807) is 0 Å². The number of aryl methyl sites for hydroxylation is 2. The van der Waals surface area contributed by atoms with Crippen LogP contribution in [0.3, 0.4) is 0 Å². The SMILES string of the molecule is Cc1nc([C@H]2CN(C(=O)C[C@@H]3CCc4ccccc43)CCO2)n[nH]1. The lowest BCUT2D eigenvalue weighted by molar-refractivity contribution is -0.139. The van der Waals surface area contributed by atoms with Crippen molar-refractivity contribution in [1.82, 2.24) is 20.1 Å². The van der Waals surface area contributed by atoms with Crippen LogP contribution in [0, 0.1) is 6.92 Å². The van der Waals surface area contributed by atoms with E-state index in [4.69, 9.17) is 4.74 Å². The van der Waals surface area contributed by atoms with Crippen molar-refractivity contribution in [2.45, 2.75) is 38.2 Å². The molecule has 1 aromatic carbocycles. The van der Waals surface area contributed by atoms with E-state index in [9.17, 15) is 4.79 Å². The van der Waals surface area contributed by atoms with Crippen LogP contribution < -0.4 is 0 Å². The third-order valence-electron chi connectivity index (χ3n) is 5.00. The number of fused-ring (bicyclic) bond motifs is 1. The number of aromatic nitrogens is 3. The summed E-state index contributed by atoms with van der Waals surface area (Å²) in [7, 11) is 0. The maximum Gasteiger partial charge on any atom is 0.223 e. The van der Waals surface area contributed by atoms with Gasteiger partial charge in [0.2, 0.25) is 5.91 Å². The average molecular weight is 326 g/mol. The number of rotatable bonds is 3. The van der Waals surface area contributed by atoms with Crippen LogP contribution in [-0.2, 0) is 16.0 Å². The molecule has 2 atom stereocenters. The zero-order valence-electron chi connectivity index (χ0n) is 13.9. The first-order valence-electron chi connectivity index (χ1n) is 8.57. The highest BCUT2D eigenvalue weighted by atomic mass is 16.5. The number of H-pyrrole nitrogens is 1. The Morgan fingerprint density at radius 2 is 2.29 bits per heavy atom. The van der Waals surface area contributed by atoms with Crippen molar-refractivity contribution in [3.05, 3.63) is 47.0 Å². The van der Waals surface area contributed by atoms with Crippen LogP contribution in [0.2, 0.25) is 0 Å². The predicted molar refractivity (Wildman–Crippen MR) is 88.5 cm³/mol. The van der Waals surface area contributed by atoms with E-state index in [0.29, 0.717) is 37.9 Å². The van der Waals surface area contributed by atoms with Crippen molar-refractivity contribution in [3.8, 4) is 0 Å². The van der Waals surface area contributed by atoms with Gasteiger partial charge in [-0.2, -0.15) is 5.10 Å². The van der Waals surface area contributed by atoms with Gasteiger partial charge in [0.15, 0.2) is 5.82 Å². The molecular formula is C18H22N4O2. The largest absolute Gasteiger partial charge is 0.366 e. The Morgan fingerprint density at radius 3 is 3.12 bits per heavy atom. The highest BCUT2D eigenvalue weighted by Gasteiger charge is 2.31. The highest BCUT2D eigenvalue weighted by molar-refractivity contribution is 5.77. The molecule has 1 aromatic heterocycles. The maximum atomic E-state index is 12.8. The summed E-state index contributed by atoms with van der Waals surface area (Å²) < 4.78 is 5.75. The molecule has 0 radical (unpaired) electrons. The van der Waals surface area contributed by atoms with Gasteiger partial charge in [0.25, 0.3) is 0 Å². The van der Waals surface area contributed by atoms with Crippen molar-refractivity contribution >= 4 is 5.91 Å². The lowest BCUT2D eigenvalue weighted by atomic mass is 9.97. The van der Waals surface area contributed by atoms with Crippen LogP contribution in [0.4, 0.5) is 0 Å².